The molecule has 0 amide bonds. The molecule has 0 aromatic carbocycles. The molecule has 2 N–H and O–H groups in total. The van der Waals surface area contributed by atoms with E-state index in [9.17, 15) is 0 Å². The zero-order valence-corrected chi connectivity index (χ0v) is 15.3. The highest BCUT2D eigenvalue weighted by molar-refractivity contribution is 14.0. The molecule has 0 saturated heterocycles. The fourth-order valence-electron chi connectivity index (χ4n) is 1.71. The van der Waals surface area contributed by atoms with Crippen LogP contribution >= 0.6 is 24.0 Å². The van der Waals surface area contributed by atoms with Crippen LogP contribution < -0.4 is 10.6 Å². The minimum absolute atomic E-state index is 0. The number of pyridine rings is 1. The van der Waals surface area contributed by atoms with Gasteiger partial charge < -0.3 is 10.6 Å². The summed E-state index contributed by atoms with van der Waals surface area (Å²) in [6, 6.07) is 2.08. The molecule has 0 unspecified atom stereocenters. The zero-order valence-electron chi connectivity index (χ0n) is 12.9. The van der Waals surface area contributed by atoms with E-state index in [2.05, 4.69) is 54.4 Å². The predicted octanol–water partition coefficient (Wildman–Crippen LogP) is 2.76. The van der Waals surface area contributed by atoms with Crippen molar-refractivity contribution < 1.29 is 0 Å². The van der Waals surface area contributed by atoms with E-state index in [1.165, 1.54) is 11.1 Å². The molecule has 0 spiro atoms. The Bertz CT molecular complexity index is 405. The van der Waals surface area contributed by atoms with Crippen molar-refractivity contribution in [2.75, 3.05) is 19.6 Å². The summed E-state index contributed by atoms with van der Waals surface area (Å²) in [5, 5.41) is 6.64. The number of aromatic nitrogens is 1. The average Bonchev–Trinajstić information content (AvgIpc) is 2.38. The Morgan fingerprint density at radius 1 is 1.35 bits per heavy atom. The first-order valence-corrected chi connectivity index (χ1v) is 7.05. The van der Waals surface area contributed by atoms with Crippen molar-refractivity contribution >= 4 is 29.9 Å². The van der Waals surface area contributed by atoms with Crippen molar-refractivity contribution in [1.29, 1.82) is 0 Å². The first-order valence-electron chi connectivity index (χ1n) is 7.05. The Kier molecular flexibility index (Phi) is 10.4. The second kappa shape index (κ2) is 10.9. The van der Waals surface area contributed by atoms with Gasteiger partial charge in [0, 0.05) is 32.0 Å². The maximum atomic E-state index is 4.55. The summed E-state index contributed by atoms with van der Waals surface area (Å²) in [4.78, 5) is 8.66. The standard InChI is InChI=1S/C15H26N4.HI/c1-5-17-15(19-10-12(2)3)18-9-7-14-6-8-16-11-13(14)4;/h6,8,11-12H,5,7,9-10H2,1-4H3,(H2,17,18,19);1H. The maximum Gasteiger partial charge on any atom is 0.191 e. The summed E-state index contributed by atoms with van der Waals surface area (Å²) in [5.41, 5.74) is 2.58. The van der Waals surface area contributed by atoms with Gasteiger partial charge in [0.15, 0.2) is 5.96 Å². The molecule has 0 bridgehead atoms. The molecule has 5 heteroatoms. The van der Waals surface area contributed by atoms with E-state index in [0.717, 1.165) is 32.0 Å². The second-order valence-electron chi connectivity index (χ2n) is 5.09. The first-order chi connectivity index (χ1) is 9.13. The molecule has 1 aromatic rings. The molecule has 0 aliphatic heterocycles. The van der Waals surface area contributed by atoms with Gasteiger partial charge in [-0.3, -0.25) is 9.98 Å². The summed E-state index contributed by atoms with van der Waals surface area (Å²) in [5.74, 6) is 1.49. The Hall–Kier alpha value is -0.850. The predicted molar refractivity (Wildman–Crippen MR) is 96.9 cm³/mol. The van der Waals surface area contributed by atoms with E-state index >= 15 is 0 Å². The molecule has 20 heavy (non-hydrogen) atoms. The molecule has 0 atom stereocenters. The van der Waals surface area contributed by atoms with Crippen LogP contribution in [0.4, 0.5) is 0 Å². The van der Waals surface area contributed by atoms with Gasteiger partial charge in [0.2, 0.25) is 0 Å². The van der Waals surface area contributed by atoms with Gasteiger partial charge >= 0.3 is 0 Å². The molecule has 4 nitrogen and oxygen atoms in total. The fourth-order valence-corrected chi connectivity index (χ4v) is 1.71. The van der Waals surface area contributed by atoms with Crippen molar-refractivity contribution in [3.8, 4) is 0 Å². The normalized spacial score (nSPS) is 11.2. The van der Waals surface area contributed by atoms with Gasteiger partial charge in [0.05, 0.1) is 0 Å². The highest BCUT2D eigenvalue weighted by Crippen LogP contribution is 2.04. The quantitative estimate of drug-likeness (QED) is 0.446. The lowest BCUT2D eigenvalue weighted by Crippen LogP contribution is -2.38. The molecular weight excluding hydrogens is 363 g/mol. The number of nitrogens with zero attached hydrogens (tertiary/aromatic N) is 2. The van der Waals surface area contributed by atoms with Crippen molar-refractivity contribution in [3.63, 3.8) is 0 Å². The number of aryl methyl sites for hydroxylation is 1. The van der Waals surface area contributed by atoms with Crippen LogP contribution in [-0.4, -0.2) is 30.6 Å². The number of rotatable bonds is 6. The Balaban J connectivity index is 0.00000361. The van der Waals surface area contributed by atoms with Crippen LogP contribution in [0.3, 0.4) is 0 Å². The highest BCUT2D eigenvalue weighted by Gasteiger charge is 2.00. The van der Waals surface area contributed by atoms with Crippen LogP contribution in [0.15, 0.2) is 23.5 Å². The molecular formula is C15H27IN4. The summed E-state index contributed by atoms with van der Waals surface area (Å²) >= 11 is 0. The highest BCUT2D eigenvalue weighted by atomic mass is 127. The number of hydrogen-bond donors (Lipinski definition) is 2. The smallest absolute Gasteiger partial charge is 0.191 e. The van der Waals surface area contributed by atoms with Gasteiger partial charge in [-0.2, -0.15) is 0 Å². The summed E-state index contributed by atoms with van der Waals surface area (Å²) in [6.07, 6.45) is 4.74. The monoisotopic (exact) mass is 390 g/mol. The largest absolute Gasteiger partial charge is 0.357 e. The van der Waals surface area contributed by atoms with Crippen LogP contribution in [0.2, 0.25) is 0 Å². The lowest BCUT2D eigenvalue weighted by atomic mass is 10.1. The van der Waals surface area contributed by atoms with Crippen molar-refractivity contribution in [2.45, 2.75) is 34.1 Å². The van der Waals surface area contributed by atoms with Gasteiger partial charge in [-0.15, -0.1) is 24.0 Å². The van der Waals surface area contributed by atoms with Gasteiger partial charge in [-0.1, -0.05) is 13.8 Å². The molecule has 1 rings (SSSR count). The molecule has 114 valence electrons. The van der Waals surface area contributed by atoms with E-state index in [1.54, 1.807) is 0 Å². The van der Waals surface area contributed by atoms with E-state index in [-0.39, 0.29) is 24.0 Å². The van der Waals surface area contributed by atoms with Crippen molar-refractivity contribution in [3.05, 3.63) is 29.6 Å². The van der Waals surface area contributed by atoms with Crippen LogP contribution in [-0.2, 0) is 6.42 Å². The van der Waals surface area contributed by atoms with Crippen LogP contribution in [0.5, 0.6) is 0 Å². The number of guanidine groups is 1. The topological polar surface area (TPSA) is 49.3 Å². The fraction of sp³-hybridized carbons (Fsp3) is 0.600. The molecule has 1 aromatic heterocycles. The lowest BCUT2D eigenvalue weighted by Gasteiger charge is -2.12. The zero-order chi connectivity index (χ0) is 14.1. The van der Waals surface area contributed by atoms with Crippen LogP contribution in [0, 0.1) is 12.8 Å². The first kappa shape index (κ1) is 19.1. The number of hydrogen-bond acceptors (Lipinski definition) is 2. The van der Waals surface area contributed by atoms with Gasteiger partial charge in [0.25, 0.3) is 0 Å². The number of nitrogens with one attached hydrogen (secondary N) is 2. The van der Waals surface area contributed by atoms with Gasteiger partial charge in [-0.05, 0) is 43.4 Å². The minimum atomic E-state index is 0. The lowest BCUT2D eigenvalue weighted by molar-refractivity contribution is 0.656. The third-order valence-electron chi connectivity index (χ3n) is 2.78. The van der Waals surface area contributed by atoms with Crippen LogP contribution in [0.25, 0.3) is 0 Å². The Labute approximate surface area is 139 Å². The molecule has 0 saturated carbocycles. The number of aliphatic imine (C=N–C) groups is 1. The molecule has 0 radical (unpaired) electrons. The van der Waals surface area contributed by atoms with Crippen molar-refractivity contribution in [2.24, 2.45) is 10.9 Å². The maximum absolute atomic E-state index is 4.55. The van der Waals surface area contributed by atoms with E-state index < -0.39 is 0 Å². The van der Waals surface area contributed by atoms with Crippen LogP contribution in [0.1, 0.15) is 31.9 Å². The molecule has 0 fully saturated rings. The third kappa shape index (κ3) is 7.67. The molecule has 1 heterocycles. The van der Waals surface area contributed by atoms with E-state index in [1.807, 2.05) is 12.4 Å². The second-order valence-corrected chi connectivity index (χ2v) is 5.09. The van der Waals surface area contributed by atoms with E-state index in [4.69, 9.17) is 0 Å². The minimum Gasteiger partial charge on any atom is -0.357 e. The Morgan fingerprint density at radius 2 is 2.10 bits per heavy atom. The van der Waals surface area contributed by atoms with Crippen molar-refractivity contribution in [1.82, 2.24) is 15.6 Å². The number of halogens is 1. The molecule has 0 aliphatic rings. The molecule has 0 aliphatic carbocycles. The average molecular weight is 390 g/mol. The van der Waals surface area contributed by atoms with E-state index in [0.29, 0.717) is 5.92 Å². The SMILES string of the molecule is CCNC(=NCC(C)C)NCCc1ccncc1C.I. The summed E-state index contributed by atoms with van der Waals surface area (Å²) in [7, 11) is 0. The summed E-state index contributed by atoms with van der Waals surface area (Å²) < 4.78 is 0. The summed E-state index contributed by atoms with van der Waals surface area (Å²) in [6.45, 7) is 11.2. The third-order valence-corrected chi connectivity index (χ3v) is 2.78. The Morgan fingerprint density at radius 3 is 2.70 bits per heavy atom. The van der Waals surface area contributed by atoms with Gasteiger partial charge in [-0.25, -0.2) is 0 Å². The van der Waals surface area contributed by atoms with Gasteiger partial charge in [0.1, 0.15) is 0 Å².